The van der Waals surface area contributed by atoms with Crippen LogP contribution in [0.15, 0.2) is 94.6 Å². The molecular weight excluding hydrogens is 958 g/mol. The van der Waals surface area contributed by atoms with Crippen molar-refractivity contribution in [2.45, 2.75) is 88.5 Å². The number of allylic oxidation sites excluding steroid dienone is 6. The van der Waals surface area contributed by atoms with Crippen LogP contribution in [0, 0.1) is 0 Å². The Kier molecular flexibility index (Phi) is 18.2. The summed E-state index contributed by atoms with van der Waals surface area (Å²) in [6.45, 7) is 7.76. The van der Waals surface area contributed by atoms with Crippen LogP contribution in [0.2, 0.25) is 5.02 Å². The number of pyridine rings is 1. The Bertz CT molecular complexity index is 2870. The van der Waals surface area contributed by atoms with Gasteiger partial charge in [0.1, 0.15) is 16.3 Å². The molecule has 0 unspecified atom stereocenters. The number of carbonyl (C=O) groups excluding carboxylic acids is 3. The van der Waals surface area contributed by atoms with Crippen LogP contribution in [0.3, 0.4) is 0 Å². The van der Waals surface area contributed by atoms with E-state index >= 15 is 0 Å². The van der Waals surface area contributed by atoms with Crippen LogP contribution in [-0.4, -0.2) is 85.5 Å². The van der Waals surface area contributed by atoms with Gasteiger partial charge in [0.2, 0.25) is 0 Å². The SMILES string of the molecule is CC1(C)C(/C=C/C(=C/C=C2/N(CCCS(=O)(=O)[O-])c3ccc(S(=O)(=O)[O-])cc3C2(C)C)c2ccc(CCC(=O)ON3C(=O)CCC3=O)cc2)=Nc2c1cc(Cl)c[n+]2CCCS(=O)(=O)[O-].[Na+].[Na+]. The maximum atomic E-state index is 12.5. The van der Waals surface area contributed by atoms with Crippen molar-refractivity contribution in [3.05, 3.63) is 112 Å². The van der Waals surface area contributed by atoms with Gasteiger partial charge in [-0.3, -0.25) is 9.59 Å². The van der Waals surface area contributed by atoms with Crippen molar-refractivity contribution in [3.63, 3.8) is 0 Å². The van der Waals surface area contributed by atoms with Gasteiger partial charge in [-0.15, -0.1) is 5.06 Å². The van der Waals surface area contributed by atoms with Crippen LogP contribution in [0.25, 0.3) is 5.57 Å². The molecule has 0 N–H and O–H groups in total. The number of aliphatic imine (C=N–C) groups is 1. The molecule has 17 nitrogen and oxygen atoms in total. The molecule has 3 aliphatic rings. The van der Waals surface area contributed by atoms with E-state index in [4.69, 9.17) is 21.4 Å². The number of aromatic nitrogens is 1. The quantitative estimate of drug-likeness (QED) is 0.0498. The van der Waals surface area contributed by atoms with Gasteiger partial charge < -0.3 is 23.4 Å². The molecule has 1 aromatic heterocycles. The van der Waals surface area contributed by atoms with Gasteiger partial charge in [-0.2, -0.15) is 0 Å². The van der Waals surface area contributed by atoms with Gasteiger partial charge in [-0.05, 0) is 96.8 Å². The number of imide groups is 1. The van der Waals surface area contributed by atoms with E-state index in [1.165, 1.54) is 18.2 Å². The van der Waals surface area contributed by atoms with Gasteiger partial charge in [-0.1, -0.05) is 61.9 Å². The Morgan fingerprint density at radius 1 is 0.864 bits per heavy atom. The summed E-state index contributed by atoms with van der Waals surface area (Å²) in [5.74, 6) is -2.59. The van der Waals surface area contributed by atoms with Gasteiger partial charge in [0.15, 0.2) is 5.71 Å². The number of nitrogens with zero attached hydrogens (tertiary/aromatic N) is 4. The minimum Gasteiger partial charge on any atom is -0.748 e. The van der Waals surface area contributed by atoms with E-state index in [1.54, 1.807) is 46.0 Å². The van der Waals surface area contributed by atoms with Crippen molar-refractivity contribution >= 4 is 82.5 Å². The van der Waals surface area contributed by atoms with Gasteiger partial charge in [-0.25, -0.2) is 34.6 Å². The Morgan fingerprint density at radius 2 is 1.48 bits per heavy atom. The molecule has 66 heavy (non-hydrogen) atoms. The van der Waals surface area contributed by atoms with Crippen molar-refractivity contribution < 1.29 is 122 Å². The first kappa shape index (κ1) is 55.5. The summed E-state index contributed by atoms with van der Waals surface area (Å²) in [4.78, 5) is 47.6. The smallest absolute Gasteiger partial charge is 0.748 e. The molecule has 1 saturated heterocycles. The third-order valence-electron chi connectivity index (χ3n) is 11.3. The zero-order valence-electron chi connectivity index (χ0n) is 37.3. The van der Waals surface area contributed by atoms with E-state index in [-0.39, 0.29) is 111 Å². The first-order valence-electron chi connectivity index (χ1n) is 20.1. The minimum atomic E-state index is -4.83. The molecule has 0 spiro atoms. The number of halogens is 1. The third kappa shape index (κ3) is 13.4. The fourth-order valence-corrected chi connectivity index (χ4v) is 9.55. The van der Waals surface area contributed by atoms with Crippen molar-refractivity contribution in [3.8, 4) is 0 Å². The van der Waals surface area contributed by atoms with Gasteiger partial charge in [0, 0.05) is 47.7 Å². The third-order valence-corrected chi connectivity index (χ3v) is 13.9. The van der Waals surface area contributed by atoms with Crippen molar-refractivity contribution in [1.29, 1.82) is 0 Å². The summed E-state index contributed by atoms with van der Waals surface area (Å²) < 4.78 is 107. The maximum absolute atomic E-state index is 12.5. The summed E-state index contributed by atoms with van der Waals surface area (Å²) >= 11 is 6.50. The van der Waals surface area contributed by atoms with Gasteiger partial charge in [0.25, 0.3) is 11.8 Å². The van der Waals surface area contributed by atoms with Crippen molar-refractivity contribution in [2.24, 2.45) is 4.99 Å². The number of hydrogen-bond donors (Lipinski definition) is 0. The number of benzene rings is 2. The molecule has 0 atom stereocenters. The zero-order valence-corrected chi connectivity index (χ0v) is 44.5. The summed E-state index contributed by atoms with van der Waals surface area (Å²) in [5.41, 5.74) is 3.41. The monoisotopic (exact) mass is 1000 g/mol. The topological polar surface area (TPSA) is 255 Å². The zero-order chi connectivity index (χ0) is 47.0. The van der Waals surface area contributed by atoms with E-state index in [0.29, 0.717) is 49.7 Å². The Morgan fingerprint density at radius 3 is 2.09 bits per heavy atom. The second kappa shape index (κ2) is 21.7. The van der Waals surface area contributed by atoms with Crippen LogP contribution in [-0.2, 0) is 73.4 Å². The number of rotatable bonds is 17. The molecule has 1 fully saturated rings. The Labute approximate surface area is 433 Å². The number of hydroxylamine groups is 2. The number of amides is 2. The first-order valence-corrected chi connectivity index (χ1v) is 25.0. The molecule has 0 bridgehead atoms. The van der Waals surface area contributed by atoms with Crippen LogP contribution >= 0.6 is 11.6 Å². The van der Waals surface area contributed by atoms with Gasteiger partial charge >= 0.3 is 70.9 Å². The van der Waals surface area contributed by atoms with Crippen molar-refractivity contribution in [2.75, 3.05) is 23.0 Å². The molecule has 3 aromatic rings. The fourth-order valence-electron chi connectivity index (χ4n) is 7.86. The van der Waals surface area contributed by atoms with Gasteiger partial charge in [0.05, 0.1) is 54.1 Å². The molecule has 23 heteroatoms. The molecule has 0 aliphatic carbocycles. The van der Waals surface area contributed by atoms with E-state index in [0.717, 1.165) is 11.1 Å². The predicted molar refractivity (Wildman–Crippen MR) is 232 cm³/mol. The molecule has 2 amide bonds. The summed E-state index contributed by atoms with van der Waals surface area (Å²) in [7, 11) is -13.8. The van der Waals surface area contributed by atoms with E-state index in [1.807, 2.05) is 52.0 Å². The molecule has 2 aromatic carbocycles. The second-order valence-corrected chi connectivity index (χ2v) is 21.5. The molecule has 4 heterocycles. The molecular formula is C43H45ClN4Na2O13S3. The molecule has 0 saturated carbocycles. The van der Waals surface area contributed by atoms with Crippen LogP contribution < -0.4 is 68.6 Å². The number of carbonyl (C=O) groups is 3. The average molecular weight is 1000 g/mol. The van der Waals surface area contributed by atoms with Crippen molar-refractivity contribution in [1.82, 2.24) is 5.06 Å². The summed E-state index contributed by atoms with van der Waals surface area (Å²) in [5, 5.41) is 0.878. The number of hydrogen-bond acceptors (Lipinski definition) is 15. The Hall–Kier alpha value is -3.09. The van der Waals surface area contributed by atoms with Crippen LogP contribution in [0.5, 0.6) is 0 Å². The average Bonchev–Trinajstić information content (AvgIpc) is 3.72. The molecule has 342 valence electrons. The largest absolute Gasteiger partial charge is 1.00 e. The summed E-state index contributed by atoms with van der Waals surface area (Å²) in [6, 6.07) is 12.9. The maximum Gasteiger partial charge on any atom is 1.00 e. The number of aryl methyl sites for hydroxylation is 2. The predicted octanol–water partition coefficient (Wildman–Crippen LogP) is -1.36. The standard InChI is InChI=1S/C43H47ClN4O13S3.2Na/c1-42(2)34-25-31(44)27-46(21-5-23-62(52,53)54)41(34)45-36(42)16-12-30(29-10-7-28(8-11-29)9-20-40(51)61-48-38(49)18-19-39(48)50)13-17-37-43(3,4)33-26-32(64(58,59)60)14-15-35(33)47(37)22-6-24-63(55,56)57;;/h7-8,10-17,25-27H,5-6,9,18-24H2,1-4H3,(H2-,52,53,54,55,56,57,58,59,60);;/q;2*+1/p-2. The normalized spacial score (nSPS) is 17.4. The van der Waals surface area contributed by atoms with Crippen LogP contribution in [0.4, 0.5) is 11.5 Å². The molecule has 0 radical (unpaired) electrons. The Balaban J connectivity index is 0.00000476. The summed E-state index contributed by atoms with van der Waals surface area (Å²) in [6.07, 6.45) is 8.87. The second-order valence-electron chi connectivity index (χ2n) is 16.6. The number of fused-ring (bicyclic) bond motifs is 2. The van der Waals surface area contributed by atoms with E-state index in [2.05, 4.69) is 0 Å². The van der Waals surface area contributed by atoms with E-state index in [9.17, 15) is 53.3 Å². The van der Waals surface area contributed by atoms with E-state index < -0.39 is 75.4 Å². The van der Waals surface area contributed by atoms with Crippen LogP contribution in [0.1, 0.15) is 82.1 Å². The molecule has 3 aliphatic heterocycles. The number of anilines is 1. The minimum absolute atomic E-state index is 0. The molecule has 6 rings (SSSR count). The first-order chi connectivity index (χ1) is 29.7. The fraction of sp³-hybridized carbons (Fsp3) is 0.372.